The largest absolute Gasteiger partial charge is 0.497 e. The number of nitrogens with zero attached hydrogens (tertiary/aromatic N) is 1. The van der Waals surface area contributed by atoms with Crippen LogP contribution in [0.25, 0.3) is 0 Å². The van der Waals surface area contributed by atoms with E-state index in [2.05, 4.69) is 15.6 Å². The highest BCUT2D eigenvalue weighted by molar-refractivity contribution is 5.77. The van der Waals surface area contributed by atoms with Crippen LogP contribution in [0.15, 0.2) is 48.8 Å². The number of carbonyl (C=O) groups excluding carboxylic acids is 1. The molecule has 116 valence electrons. The van der Waals surface area contributed by atoms with Crippen molar-refractivity contribution in [1.29, 1.82) is 0 Å². The first kappa shape index (κ1) is 16.0. The maximum Gasteiger partial charge on any atom is 0.233 e. The van der Waals surface area contributed by atoms with Crippen molar-refractivity contribution in [2.75, 3.05) is 20.2 Å². The maximum absolute atomic E-state index is 11.7. The Balaban J connectivity index is 1.63. The Labute approximate surface area is 130 Å². The summed E-state index contributed by atoms with van der Waals surface area (Å²) in [5.74, 6) is 0.828. The van der Waals surface area contributed by atoms with E-state index in [1.165, 1.54) is 0 Å². The summed E-state index contributed by atoms with van der Waals surface area (Å²) in [7, 11) is 1.65. The summed E-state index contributed by atoms with van der Waals surface area (Å²) in [5, 5.41) is 5.99. The monoisotopic (exact) mass is 299 g/mol. The van der Waals surface area contributed by atoms with Crippen LogP contribution in [-0.2, 0) is 17.8 Å². The van der Waals surface area contributed by atoms with E-state index in [0.717, 1.165) is 23.3 Å². The van der Waals surface area contributed by atoms with Gasteiger partial charge in [-0.25, -0.2) is 0 Å². The Kier molecular flexibility index (Phi) is 6.39. The zero-order valence-electron chi connectivity index (χ0n) is 12.7. The summed E-state index contributed by atoms with van der Waals surface area (Å²) in [5.41, 5.74) is 2.20. The Bertz CT molecular complexity index is 587. The molecule has 0 radical (unpaired) electrons. The minimum atomic E-state index is -0.00761. The van der Waals surface area contributed by atoms with Gasteiger partial charge in [-0.15, -0.1) is 0 Å². The van der Waals surface area contributed by atoms with Gasteiger partial charge in [-0.1, -0.05) is 18.2 Å². The minimum Gasteiger partial charge on any atom is -0.497 e. The van der Waals surface area contributed by atoms with E-state index in [4.69, 9.17) is 4.74 Å². The van der Waals surface area contributed by atoms with Gasteiger partial charge in [0, 0.05) is 25.5 Å². The van der Waals surface area contributed by atoms with Crippen LogP contribution in [0.1, 0.15) is 11.1 Å². The molecule has 0 fully saturated rings. The summed E-state index contributed by atoms with van der Waals surface area (Å²) in [4.78, 5) is 15.8. The smallest absolute Gasteiger partial charge is 0.233 e. The van der Waals surface area contributed by atoms with Gasteiger partial charge in [0.05, 0.1) is 13.7 Å². The van der Waals surface area contributed by atoms with Crippen molar-refractivity contribution < 1.29 is 9.53 Å². The third-order valence-electron chi connectivity index (χ3n) is 3.21. The molecule has 1 aromatic carbocycles. The molecule has 2 rings (SSSR count). The lowest BCUT2D eigenvalue weighted by atomic mass is 10.1. The SMILES string of the molecule is COc1cccc(CCNC(=O)CNCc2cccnc2)c1. The highest BCUT2D eigenvalue weighted by atomic mass is 16.5. The quantitative estimate of drug-likeness (QED) is 0.776. The Morgan fingerprint density at radius 3 is 2.86 bits per heavy atom. The molecule has 0 saturated heterocycles. The van der Waals surface area contributed by atoms with Crippen LogP contribution in [0.2, 0.25) is 0 Å². The van der Waals surface area contributed by atoms with Crippen molar-refractivity contribution in [3.8, 4) is 5.75 Å². The number of hydrogen-bond donors (Lipinski definition) is 2. The molecule has 5 heteroatoms. The van der Waals surface area contributed by atoms with Crippen LogP contribution in [0.3, 0.4) is 0 Å². The topological polar surface area (TPSA) is 63.2 Å². The standard InChI is InChI=1S/C17H21N3O2/c1-22-16-6-2-4-14(10-16)7-9-20-17(21)13-19-12-15-5-3-8-18-11-15/h2-6,8,10-11,19H,7,9,12-13H2,1H3,(H,20,21). The molecule has 2 aromatic rings. The normalized spacial score (nSPS) is 10.2. The first-order valence-corrected chi connectivity index (χ1v) is 7.27. The number of ether oxygens (including phenoxy) is 1. The number of amides is 1. The molecule has 0 unspecified atom stereocenters. The number of pyridine rings is 1. The van der Waals surface area contributed by atoms with Gasteiger partial charge in [0.2, 0.25) is 5.91 Å². The number of hydrogen-bond acceptors (Lipinski definition) is 4. The van der Waals surface area contributed by atoms with Gasteiger partial charge in [0.1, 0.15) is 5.75 Å². The van der Waals surface area contributed by atoms with Gasteiger partial charge in [0.15, 0.2) is 0 Å². The molecule has 0 aliphatic carbocycles. The van der Waals surface area contributed by atoms with Crippen molar-refractivity contribution in [2.24, 2.45) is 0 Å². The summed E-state index contributed by atoms with van der Waals surface area (Å²) >= 11 is 0. The van der Waals surface area contributed by atoms with E-state index in [-0.39, 0.29) is 5.91 Å². The minimum absolute atomic E-state index is 0.00761. The fraction of sp³-hybridized carbons (Fsp3) is 0.294. The molecule has 1 heterocycles. The molecule has 0 bridgehead atoms. The third kappa shape index (κ3) is 5.54. The lowest BCUT2D eigenvalue weighted by Crippen LogP contribution is -2.34. The van der Waals surface area contributed by atoms with Crippen LogP contribution in [0.5, 0.6) is 5.75 Å². The van der Waals surface area contributed by atoms with Crippen LogP contribution >= 0.6 is 0 Å². The average Bonchev–Trinajstić information content (AvgIpc) is 2.56. The Morgan fingerprint density at radius 2 is 2.09 bits per heavy atom. The summed E-state index contributed by atoms with van der Waals surface area (Å²) < 4.78 is 5.17. The summed E-state index contributed by atoms with van der Waals surface area (Å²) in [6, 6.07) is 11.7. The summed E-state index contributed by atoms with van der Waals surface area (Å²) in [6.07, 6.45) is 4.30. The second-order valence-electron chi connectivity index (χ2n) is 4.92. The molecule has 0 aliphatic heterocycles. The van der Waals surface area contributed by atoms with E-state index in [1.807, 2.05) is 36.4 Å². The molecule has 0 saturated carbocycles. The molecular formula is C17H21N3O2. The van der Waals surface area contributed by atoms with Crippen molar-refractivity contribution in [3.05, 3.63) is 59.9 Å². The van der Waals surface area contributed by atoms with E-state index >= 15 is 0 Å². The average molecular weight is 299 g/mol. The van der Waals surface area contributed by atoms with Crippen LogP contribution in [0.4, 0.5) is 0 Å². The molecule has 0 spiro atoms. The van der Waals surface area contributed by atoms with Crippen molar-refractivity contribution >= 4 is 5.91 Å². The second kappa shape index (κ2) is 8.79. The van der Waals surface area contributed by atoms with Gasteiger partial charge in [0.25, 0.3) is 0 Å². The second-order valence-corrected chi connectivity index (χ2v) is 4.92. The molecule has 2 N–H and O–H groups in total. The van der Waals surface area contributed by atoms with Crippen LogP contribution in [-0.4, -0.2) is 31.1 Å². The zero-order valence-corrected chi connectivity index (χ0v) is 12.7. The molecule has 0 atom stereocenters. The van der Waals surface area contributed by atoms with Crippen LogP contribution in [0, 0.1) is 0 Å². The predicted molar refractivity (Wildman–Crippen MR) is 85.7 cm³/mol. The maximum atomic E-state index is 11.7. The molecule has 5 nitrogen and oxygen atoms in total. The number of nitrogens with one attached hydrogen (secondary N) is 2. The fourth-order valence-corrected chi connectivity index (χ4v) is 2.06. The van der Waals surface area contributed by atoms with E-state index in [9.17, 15) is 4.79 Å². The highest BCUT2D eigenvalue weighted by Crippen LogP contribution is 2.12. The zero-order chi connectivity index (χ0) is 15.6. The first-order chi connectivity index (χ1) is 10.8. The van der Waals surface area contributed by atoms with Crippen LogP contribution < -0.4 is 15.4 Å². The number of methoxy groups -OCH3 is 1. The van der Waals surface area contributed by atoms with Gasteiger partial charge >= 0.3 is 0 Å². The Morgan fingerprint density at radius 1 is 1.23 bits per heavy atom. The van der Waals surface area contributed by atoms with E-state index in [0.29, 0.717) is 19.6 Å². The number of benzene rings is 1. The molecule has 0 aliphatic rings. The number of aromatic nitrogens is 1. The van der Waals surface area contributed by atoms with Crippen molar-refractivity contribution in [2.45, 2.75) is 13.0 Å². The predicted octanol–water partition coefficient (Wildman–Crippen LogP) is 1.54. The third-order valence-corrected chi connectivity index (χ3v) is 3.21. The van der Waals surface area contributed by atoms with Crippen molar-refractivity contribution in [1.82, 2.24) is 15.6 Å². The first-order valence-electron chi connectivity index (χ1n) is 7.27. The lowest BCUT2D eigenvalue weighted by Gasteiger charge is -2.08. The van der Waals surface area contributed by atoms with Gasteiger partial charge in [-0.3, -0.25) is 9.78 Å². The van der Waals surface area contributed by atoms with Crippen molar-refractivity contribution in [3.63, 3.8) is 0 Å². The fourth-order valence-electron chi connectivity index (χ4n) is 2.06. The Hall–Kier alpha value is -2.40. The van der Waals surface area contributed by atoms with E-state index < -0.39 is 0 Å². The number of carbonyl (C=O) groups is 1. The lowest BCUT2D eigenvalue weighted by molar-refractivity contribution is -0.120. The molecular weight excluding hydrogens is 278 g/mol. The molecule has 1 amide bonds. The van der Waals surface area contributed by atoms with Gasteiger partial charge in [-0.2, -0.15) is 0 Å². The van der Waals surface area contributed by atoms with Gasteiger partial charge < -0.3 is 15.4 Å². The molecule has 22 heavy (non-hydrogen) atoms. The number of rotatable bonds is 8. The highest BCUT2D eigenvalue weighted by Gasteiger charge is 2.01. The van der Waals surface area contributed by atoms with Gasteiger partial charge in [-0.05, 0) is 35.7 Å². The summed E-state index contributed by atoms with van der Waals surface area (Å²) in [6.45, 7) is 1.55. The van der Waals surface area contributed by atoms with E-state index in [1.54, 1.807) is 19.5 Å². The molecule has 1 aromatic heterocycles.